The van der Waals surface area contributed by atoms with E-state index in [1.807, 2.05) is 0 Å². The summed E-state index contributed by atoms with van der Waals surface area (Å²) in [6, 6.07) is 2.77. The molecule has 1 aromatic rings. The Bertz CT molecular complexity index is 413. The summed E-state index contributed by atoms with van der Waals surface area (Å²) in [7, 11) is 0. The molecule has 1 amide bonds. The maximum absolute atomic E-state index is 11.1. The molecule has 17 heavy (non-hydrogen) atoms. The predicted octanol–water partition coefficient (Wildman–Crippen LogP) is 1.53. The third-order valence-corrected chi connectivity index (χ3v) is 3.75. The fourth-order valence-corrected chi connectivity index (χ4v) is 2.81. The molecule has 2 aliphatic rings. The van der Waals surface area contributed by atoms with Gasteiger partial charge in [-0.3, -0.25) is 4.79 Å². The van der Waals surface area contributed by atoms with Crippen LogP contribution in [-0.2, 0) is 11.2 Å². The molecule has 0 radical (unpaired) electrons. The van der Waals surface area contributed by atoms with Crippen molar-refractivity contribution in [1.29, 1.82) is 0 Å². The highest BCUT2D eigenvalue weighted by Crippen LogP contribution is 2.30. The molecule has 3 rings (SSSR count). The number of hydrogen-bond donors (Lipinski definition) is 2. The number of carbonyl (C=O) groups excluding carboxylic acids is 1. The number of nitrogens with one attached hydrogen (secondary N) is 2. The van der Waals surface area contributed by atoms with Crippen molar-refractivity contribution < 1.29 is 9.21 Å². The summed E-state index contributed by atoms with van der Waals surface area (Å²) in [6.45, 7) is 0.862. The molecule has 2 atom stereocenters. The Morgan fingerprint density at radius 3 is 3.18 bits per heavy atom. The van der Waals surface area contributed by atoms with Gasteiger partial charge in [0.15, 0.2) is 0 Å². The molecule has 0 bridgehead atoms. The minimum absolute atomic E-state index is 0.185. The molecule has 1 aromatic heterocycles. The van der Waals surface area contributed by atoms with Crippen LogP contribution in [0.3, 0.4) is 0 Å². The maximum Gasteiger partial charge on any atom is 0.220 e. The molecule has 1 aliphatic carbocycles. The monoisotopic (exact) mass is 234 g/mol. The lowest BCUT2D eigenvalue weighted by Gasteiger charge is -2.24. The van der Waals surface area contributed by atoms with Crippen molar-refractivity contribution in [1.82, 2.24) is 10.6 Å². The van der Waals surface area contributed by atoms with E-state index in [1.54, 1.807) is 6.26 Å². The number of rotatable bonds is 3. The second kappa shape index (κ2) is 4.53. The van der Waals surface area contributed by atoms with Crippen LogP contribution in [-0.4, -0.2) is 18.5 Å². The Labute approximate surface area is 101 Å². The first-order chi connectivity index (χ1) is 8.33. The summed E-state index contributed by atoms with van der Waals surface area (Å²) in [5, 5.41) is 6.54. The SMILES string of the molecule is O=C1CCC(CNC2CCCc3occc32)N1. The van der Waals surface area contributed by atoms with Crippen molar-refractivity contribution in [3.63, 3.8) is 0 Å². The zero-order valence-electron chi connectivity index (χ0n) is 9.87. The van der Waals surface area contributed by atoms with Crippen LogP contribution in [0.1, 0.15) is 43.0 Å². The lowest BCUT2D eigenvalue weighted by atomic mass is 9.93. The molecule has 0 saturated carbocycles. The molecule has 4 heteroatoms. The maximum atomic E-state index is 11.1. The first-order valence-corrected chi connectivity index (χ1v) is 6.42. The van der Waals surface area contributed by atoms with Crippen molar-refractivity contribution >= 4 is 5.91 Å². The van der Waals surface area contributed by atoms with Gasteiger partial charge in [-0.05, 0) is 25.3 Å². The second-order valence-electron chi connectivity index (χ2n) is 4.96. The summed E-state index contributed by atoms with van der Waals surface area (Å²) >= 11 is 0. The Kier molecular flexibility index (Phi) is 2.89. The lowest BCUT2D eigenvalue weighted by molar-refractivity contribution is -0.119. The highest BCUT2D eigenvalue weighted by molar-refractivity contribution is 5.78. The predicted molar refractivity (Wildman–Crippen MR) is 63.6 cm³/mol. The van der Waals surface area contributed by atoms with E-state index in [0.717, 1.165) is 31.6 Å². The highest BCUT2D eigenvalue weighted by Gasteiger charge is 2.25. The topological polar surface area (TPSA) is 54.3 Å². The zero-order valence-corrected chi connectivity index (χ0v) is 9.87. The van der Waals surface area contributed by atoms with Crippen LogP contribution in [0.4, 0.5) is 0 Å². The lowest BCUT2D eigenvalue weighted by Crippen LogP contribution is -2.38. The van der Waals surface area contributed by atoms with Gasteiger partial charge in [0.05, 0.1) is 6.26 Å². The second-order valence-corrected chi connectivity index (χ2v) is 4.96. The van der Waals surface area contributed by atoms with E-state index in [0.29, 0.717) is 18.5 Å². The number of hydrogen-bond acceptors (Lipinski definition) is 3. The summed E-state index contributed by atoms with van der Waals surface area (Å²) < 4.78 is 5.47. The van der Waals surface area contributed by atoms with Gasteiger partial charge >= 0.3 is 0 Å². The van der Waals surface area contributed by atoms with E-state index in [1.165, 1.54) is 12.0 Å². The van der Waals surface area contributed by atoms with Gasteiger partial charge < -0.3 is 15.1 Å². The number of amides is 1. The van der Waals surface area contributed by atoms with Gasteiger partial charge in [0.2, 0.25) is 5.91 Å². The smallest absolute Gasteiger partial charge is 0.220 e. The summed E-state index contributed by atoms with van der Waals surface area (Å²) in [5.41, 5.74) is 1.31. The normalized spacial score (nSPS) is 27.9. The van der Waals surface area contributed by atoms with E-state index in [2.05, 4.69) is 16.7 Å². The molecule has 1 saturated heterocycles. The molecule has 2 heterocycles. The van der Waals surface area contributed by atoms with Gasteiger partial charge in [-0.15, -0.1) is 0 Å². The van der Waals surface area contributed by atoms with Crippen molar-refractivity contribution in [2.24, 2.45) is 0 Å². The van der Waals surface area contributed by atoms with Crippen molar-refractivity contribution in [2.45, 2.75) is 44.2 Å². The molecule has 0 spiro atoms. The number of aryl methyl sites for hydroxylation is 1. The number of carbonyl (C=O) groups is 1. The van der Waals surface area contributed by atoms with Gasteiger partial charge in [0.25, 0.3) is 0 Å². The van der Waals surface area contributed by atoms with Crippen LogP contribution < -0.4 is 10.6 Å². The van der Waals surface area contributed by atoms with Crippen LogP contribution in [0.5, 0.6) is 0 Å². The fraction of sp³-hybridized carbons (Fsp3) is 0.615. The Morgan fingerprint density at radius 1 is 1.41 bits per heavy atom. The van der Waals surface area contributed by atoms with Crippen molar-refractivity contribution in [2.75, 3.05) is 6.54 Å². The molecule has 4 nitrogen and oxygen atoms in total. The fourth-order valence-electron chi connectivity index (χ4n) is 2.81. The Hall–Kier alpha value is -1.29. The van der Waals surface area contributed by atoms with Gasteiger partial charge in [0.1, 0.15) is 5.76 Å². The molecule has 1 fully saturated rings. The van der Waals surface area contributed by atoms with Crippen molar-refractivity contribution in [3.8, 4) is 0 Å². The molecule has 0 aromatic carbocycles. The minimum Gasteiger partial charge on any atom is -0.469 e. The van der Waals surface area contributed by atoms with Crippen LogP contribution in [0.25, 0.3) is 0 Å². The molecular formula is C13H18N2O2. The van der Waals surface area contributed by atoms with Gasteiger partial charge in [0, 0.05) is 37.0 Å². The first-order valence-electron chi connectivity index (χ1n) is 6.42. The van der Waals surface area contributed by atoms with Gasteiger partial charge in [-0.25, -0.2) is 0 Å². The van der Waals surface area contributed by atoms with Gasteiger partial charge in [-0.2, -0.15) is 0 Å². The number of fused-ring (bicyclic) bond motifs is 1. The third kappa shape index (κ3) is 2.22. The van der Waals surface area contributed by atoms with E-state index >= 15 is 0 Å². The zero-order chi connectivity index (χ0) is 11.7. The van der Waals surface area contributed by atoms with E-state index < -0.39 is 0 Å². The molecule has 2 N–H and O–H groups in total. The van der Waals surface area contributed by atoms with Crippen LogP contribution in [0, 0.1) is 0 Å². The highest BCUT2D eigenvalue weighted by atomic mass is 16.3. The minimum atomic E-state index is 0.185. The van der Waals surface area contributed by atoms with Crippen LogP contribution in [0.2, 0.25) is 0 Å². The average molecular weight is 234 g/mol. The number of furan rings is 1. The molecular weight excluding hydrogens is 216 g/mol. The third-order valence-electron chi connectivity index (χ3n) is 3.75. The summed E-state index contributed by atoms with van der Waals surface area (Å²) in [4.78, 5) is 11.1. The van der Waals surface area contributed by atoms with Crippen molar-refractivity contribution in [3.05, 3.63) is 23.7 Å². The van der Waals surface area contributed by atoms with Crippen LogP contribution >= 0.6 is 0 Å². The van der Waals surface area contributed by atoms with Gasteiger partial charge in [-0.1, -0.05) is 0 Å². The summed E-state index contributed by atoms with van der Waals surface area (Å²) in [5.74, 6) is 1.31. The quantitative estimate of drug-likeness (QED) is 0.833. The first kappa shape index (κ1) is 10.8. The van der Waals surface area contributed by atoms with Crippen LogP contribution in [0.15, 0.2) is 16.7 Å². The summed E-state index contributed by atoms with van der Waals surface area (Å²) in [6.07, 6.45) is 6.80. The molecule has 1 aliphatic heterocycles. The Balaban J connectivity index is 1.58. The Morgan fingerprint density at radius 2 is 2.35 bits per heavy atom. The average Bonchev–Trinajstić information content (AvgIpc) is 2.94. The molecule has 2 unspecified atom stereocenters. The largest absolute Gasteiger partial charge is 0.469 e. The standard InChI is InChI=1S/C13H18N2O2/c16-13-5-4-9(15-13)8-14-11-2-1-3-12-10(11)6-7-17-12/h6-7,9,11,14H,1-5,8H2,(H,15,16). The van der Waals surface area contributed by atoms with E-state index in [9.17, 15) is 4.79 Å². The molecule has 92 valence electrons. The van der Waals surface area contributed by atoms with E-state index in [4.69, 9.17) is 4.42 Å². The van der Waals surface area contributed by atoms with E-state index in [-0.39, 0.29) is 5.91 Å².